The molecule has 1 atom stereocenters. The van der Waals surface area contributed by atoms with Gasteiger partial charge in [-0.15, -0.1) is 10.2 Å². The molecule has 0 saturated heterocycles. The number of hydrogen-bond acceptors (Lipinski definition) is 8. The molecule has 0 saturated carbocycles. The summed E-state index contributed by atoms with van der Waals surface area (Å²) >= 11 is 2.86. The van der Waals surface area contributed by atoms with Crippen molar-refractivity contribution in [3.8, 4) is 5.75 Å². The average molecular weight is 416 g/mol. The lowest BCUT2D eigenvalue weighted by Gasteiger charge is -2.11. The second-order valence-electron chi connectivity index (χ2n) is 6.23. The Bertz CT molecular complexity index is 946. The molecule has 0 spiro atoms. The second-order valence-corrected chi connectivity index (χ2v) is 8.47. The molecule has 0 aliphatic heterocycles. The summed E-state index contributed by atoms with van der Waals surface area (Å²) in [5.74, 6) is 0.982. The number of aliphatic hydroxyl groups excluding tert-OH is 1. The fourth-order valence-electron chi connectivity index (χ4n) is 2.38. The predicted molar refractivity (Wildman–Crippen MR) is 113 cm³/mol. The van der Waals surface area contributed by atoms with E-state index in [0.29, 0.717) is 22.2 Å². The van der Waals surface area contributed by atoms with Gasteiger partial charge in [0.15, 0.2) is 10.1 Å². The number of carbonyl (C=O) groups excluding carboxylic acids is 1. The second kappa shape index (κ2) is 9.68. The topological polar surface area (TPSA) is 84.3 Å². The lowest BCUT2D eigenvalue weighted by atomic mass is 10.1. The van der Waals surface area contributed by atoms with Gasteiger partial charge in [-0.1, -0.05) is 47.4 Å². The summed E-state index contributed by atoms with van der Waals surface area (Å²) in [6.07, 6.45) is -0.664. The van der Waals surface area contributed by atoms with E-state index in [2.05, 4.69) is 15.5 Å². The number of hydrogen-bond donors (Lipinski definition) is 2. The maximum Gasteiger partial charge on any atom is 0.210 e. The minimum Gasteiger partial charge on any atom is -0.491 e. The number of carbonyl (C=O) groups is 1. The first-order valence-electron chi connectivity index (χ1n) is 8.71. The number of nitrogens with zero attached hydrogens (tertiary/aromatic N) is 2. The van der Waals surface area contributed by atoms with Crippen molar-refractivity contribution in [2.45, 2.75) is 24.3 Å². The highest BCUT2D eigenvalue weighted by Gasteiger charge is 2.11. The molecule has 0 radical (unpaired) electrons. The van der Waals surface area contributed by atoms with Crippen LogP contribution in [0, 0.1) is 6.92 Å². The number of Topliss-reactive ketones (excluding diaryl/α,β-unsaturated/α-hetero) is 1. The van der Waals surface area contributed by atoms with Crippen LogP contribution in [0.2, 0.25) is 0 Å². The number of benzene rings is 2. The van der Waals surface area contributed by atoms with Crippen molar-refractivity contribution < 1.29 is 14.6 Å². The van der Waals surface area contributed by atoms with Crippen LogP contribution in [0.3, 0.4) is 0 Å². The van der Waals surface area contributed by atoms with Crippen molar-refractivity contribution in [1.82, 2.24) is 10.2 Å². The largest absolute Gasteiger partial charge is 0.491 e. The molecule has 3 rings (SSSR count). The molecule has 3 aromatic rings. The van der Waals surface area contributed by atoms with Gasteiger partial charge in [0.25, 0.3) is 0 Å². The maximum absolute atomic E-state index is 11.4. The van der Waals surface area contributed by atoms with E-state index < -0.39 is 6.10 Å². The number of aryl methyl sites for hydroxylation is 1. The summed E-state index contributed by atoms with van der Waals surface area (Å²) < 4.78 is 6.35. The Morgan fingerprint density at radius 3 is 2.86 bits per heavy atom. The normalized spacial score (nSPS) is 11.8. The number of aromatic nitrogens is 2. The first-order chi connectivity index (χ1) is 13.5. The van der Waals surface area contributed by atoms with Crippen molar-refractivity contribution in [1.29, 1.82) is 0 Å². The highest BCUT2D eigenvalue weighted by Crippen LogP contribution is 2.28. The Labute approximate surface area is 172 Å². The highest BCUT2D eigenvalue weighted by atomic mass is 32.2. The molecule has 0 fully saturated rings. The number of aliphatic hydroxyl groups is 1. The first kappa shape index (κ1) is 20.3. The van der Waals surface area contributed by atoms with Crippen LogP contribution in [0.4, 0.5) is 10.8 Å². The third-order valence-electron chi connectivity index (χ3n) is 3.76. The molecule has 146 valence electrons. The van der Waals surface area contributed by atoms with E-state index in [1.165, 1.54) is 35.6 Å². The Morgan fingerprint density at radius 1 is 1.25 bits per heavy atom. The number of thioether (sulfide) groups is 1. The van der Waals surface area contributed by atoms with Gasteiger partial charge in [-0.2, -0.15) is 0 Å². The number of ketones is 1. The number of nitrogens with one attached hydrogen (secondary N) is 1. The maximum atomic E-state index is 11.4. The van der Waals surface area contributed by atoms with Crippen LogP contribution in [0.1, 0.15) is 22.8 Å². The van der Waals surface area contributed by atoms with Gasteiger partial charge in [-0.25, -0.2) is 0 Å². The zero-order valence-corrected chi connectivity index (χ0v) is 17.2. The fraction of sp³-hybridized carbons (Fsp3) is 0.250. The van der Waals surface area contributed by atoms with Crippen LogP contribution >= 0.6 is 23.1 Å². The fourth-order valence-corrected chi connectivity index (χ4v) is 4.08. The summed E-state index contributed by atoms with van der Waals surface area (Å²) in [6, 6.07) is 15.0. The molecule has 0 aliphatic rings. The van der Waals surface area contributed by atoms with Crippen molar-refractivity contribution >= 4 is 39.7 Å². The van der Waals surface area contributed by atoms with Crippen LogP contribution in [0.15, 0.2) is 52.9 Å². The zero-order chi connectivity index (χ0) is 19.9. The van der Waals surface area contributed by atoms with Gasteiger partial charge in [0.2, 0.25) is 5.13 Å². The summed E-state index contributed by atoms with van der Waals surface area (Å²) in [5, 5.41) is 22.4. The third kappa shape index (κ3) is 6.05. The Hall–Kier alpha value is -2.42. The van der Waals surface area contributed by atoms with Crippen LogP contribution in [0.5, 0.6) is 5.75 Å². The SMILES string of the molecule is CC(=O)c1cccc(OC[C@@H](O)CSc2nnc(Nc3cccc(C)c3)s2)c1. The number of anilines is 2. The Balaban J connectivity index is 1.46. The quantitative estimate of drug-likeness (QED) is 0.398. The van der Waals surface area contributed by atoms with Gasteiger partial charge in [0, 0.05) is 17.0 Å². The molecule has 0 unspecified atom stereocenters. The van der Waals surface area contributed by atoms with Crippen LogP contribution in [0.25, 0.3) is 0 Å². The van der Waals surface area contributed by atoms with E-state index in [9.17, 15) is 9.90 Å². The molecule has 0 amide bonds. The van der Waals surface area contributed by atoms with Gasteiger partial charge >= 0.3 is 0 Å². The summed E-state index contributed by atoms with van der Waals surface area (Å²) in [6.45, 7) is 3.68. The van der Waals surface area contributed by atoms with E-state index in [-0.39, 0.29) is 12.4 Å². The molecule has 0 aliphatic carbocycles. The minimum absolute atomic E-state index is 0.0205. The number of rotatable bonds is 9. The van der Waals surface area contributed by atoms with Gasteiger partial charge in [0.1, 0.15) is 12.4 Å². The minimum atomic E-state index is -0.664. The average Bonchev–Trinajstić information content (AvgIpc) is 3.12. The van der Waals surface area contributed by atoms with Crippen LogP contribution < -0.4 is 10.1 Å². The van der Waals surface area contributed by atoms with E-state index in [1.807, 2.05) is 31.2 Å². The monoisotopic (exact) mass is 415 g/mol. The van der Waals surface area contributed by atoms with Gasteiger partial charge in [-0.05, 0) is 43.7 Å². The predicted octanol–water partition coefficient (Wildman–Crippen LogP) is 4.32. The summed E-state index contributed by atoms with van der Waals surface area (Å²) in [7, 11) is 0. The van der Waals surface area contributed by atoms with Crippen molar-refractivity contribution in [3.05, 3.63) is 59.7 Å². The van der Waals surface area contributed by atoms with Crippen molar-refractivity contribution in [3.63, 3.8) is 0 Å². The third-order valence-corrected chi connectivity index (χ3v) is 5.87. The molecule has 2 aromatic carbocycles. The summed E-state index contributed by atoms with van der Waals surface area (Å²) in [5.41, 5.74) is 2.72. The molecule has 0 bridgehead atoms. The lowest BCUT2D eigenvalue weighted by Crippen LogP contribution is -2.20. The zero-order valence-electron chi connectivity index (χ0n) is 15.6. The number of ether oxygens (including phenoxy) is 1. The first-order valence-corrected chi connectivity index (χ1v) is 10.5. The molecular formula is C20H21N3O3S2. The molecule has 28 heavy (non-hydrogen) atoms. The van der Waals surface area contributed by atoms with Gasteiger partial charge in [0.05, 0.1) is 6.10 Å². The highest BCUT2D eigenvalue weighted by molar-refractivity contribution is 8.01. The molecule has 8 heteroatoms. The molecule has 6 nitrogen and oxygen atoms in total. The van der Waals surface area contributed by atoms with Crippen molar-refractivity contribution in [2.75, 3.05) is 17.7 Å². The summed E-state index contributed by atoms with van der Waals surface area (Å²) in [4.78, 5) is 11.4. The van der Waals surface area contributed by atoms with E-state index in [0.717, 1.165) is 10.0 Å². The molecule has 1 heterocycles. The van der Waals surface area contributed by atoms with Crippen LogP contribution in [-0.4, -0.2) is 39.6 Å². The van der Waals surface area contributed by atoms with Crippen molar-refractivity contribution in [2.24, 2.45) is 0 Å². The van der Waals surface area contributed by atoms with Gasteiger partial charge < -0.3 is 15.2 Å². The van der Waals surface area contributed by atoms with Crippen LogP contribution in [-0.2, 0) is 0 Å². The molecule has 2 N–H and O–H groups in total. The van der Waals surface area contributed by atoms with Gasteiger partial charge in [-0.3, -0.25) is 4.79 Å². The van der Waals surface area contributed by atoms with E-state index in [4.69, 9.17) is 4.74 Å². The lowest BCUT2D eigenvalue weighted by molar-refractivity contribution is 0.101. The molecular weight excluding hydrogens is 394 g/mol. The molecule has 1 aromatic heterocycles. The Kier molecular flexibility index (Phi) is 7.02. The smallest absolute Gasteiger partial charge is 0.210 e. The standard InChI is InChI=1S/C20H21N3O3S2/c1-13-5-3-7-16(9-13)21-19-22-23-20(28-19)27-12-17(25)11-26-18-8-4-6-15(10-18)14(2)24/h3-10,17,25H,11-12H2,1-2H3,(H,21,22)/t17-/m1/s1. The Morgan fingerprint density at radius 2 is 2.07 bits per heavy atom. The van der Waals surface area contributed by atoms with E-state index >= 15 is 0 Å². The van der Waals surface area contributed by atoms with E-state index in [1.54, 1.807) is 24.3 Å².